The van der Waals surface area contributed by atoms with Crippen LogP contribution in [0.2, 0.25) is 0 Å². The van der Waals surface area contributed by atoms with E-state index >= 15 is 0 Å². The first-order chi connectivity index (χ1) is 9.30. The minimum Gasteiger partial charge on any atom is -0.389 e. The van der Waals surface area contributed by atoms with E-state index < -0.39 is 6.10 Å². The molecular formula is C17H26FNO. The number of aliphatic hydroxyl groups excluding tert-OH is 1. The van der Waals surface area contributed by atoms with Crippen molar-refractivity contribution in [1.82, 2.24) is 0 Å². The Bertz CT molecular complexity index is 482. The van der Waals surface area contributed by atoms with E-state index in [4.69, 9.17) is 0 Å². The van der Waals surface area contributed by atoms with Gasteiger partial charge in [0.1, 0.15) is 5.82 Å². The minimum atomic E-state index is -0.642. The topological polar surface area (TPSA) is 23.5 Å². The van der Waals surface area contributed by atoms with Crippen LogP contribution < -0.4 is 4.90 Å². The summed E-state index contributed by atoms with van der Waals surface area (Å²) in [5.41, 5.74) is 2.71. The highest BCUT2D eigenvalue weighted by Gasteiger charge is 2.25. The third kappa shape index (κ3) is 3.32. The Balaban J connectivity index is 2.34. The number of halogens is 1. The summed E-state index contributed by atoms with van der Waals surface area (Å²) < 4.78 is 13.8. The number of hydrogen-bond acceptors (Lipinski definition) is 2. The van der Waals surface area contributed by atoms with Crippen molar-refractivity contribution in [1.29, 1.82) is 0 Å². The minimum absolute atomic E-state index is 0.236. The molecule has 112 valence electrons. The van der Waals surface area contributed by atoms with Crippen molar-refractivity contribution in [3.8, 4) is 0 Å². The number of aryl methyl sites for hydroxylation is 1. The van der Waals surface area contributed by atoms with Crippen molar-refractivity contribution in [2.45, 2.75) is 53.1 Å². The third-order valence-electron chi connectivity index (χ3n) is 4.44. The average Bonchev–Trinajstić information content (AvgIpc) is 2.53. The predicted octanol–water partition coefficient (Wildman–Crippen LogP) is 4.20. The van der Waals surface area contributed by atoms with Gasteiger partial charge < -0.3 is 10.0 Å². The van der Waals surface area contributed by atoms with E-state index in [-0.39, 0.29) is 5.82 Å². The van der Waals surface area contributed by atoms with Crippen LogP contribution in [-0.2, 0) is 0 Å². The first kappa shape index (κ1) is 15.3. The normalized spacial score (nSPS) is 20.6. The molecular weight excluding hydrogens is 253 g/mol. The lowest BCUT2D eigenvalue weighted by atomic mass is 9.85. The molecule has 3 heteroatoms. The fourth-order valence-electron chi connectivity index (χ4n) is 2.95. The van der Waals surface area contributed by atoms with E-state index in [0.717, 1.165) is 31.6 Å². The number of benzene rings is 1. The second-order valence-electron chi connectivity index (χ2n) is 6.84. The van der Waals surface area contributed by atoms with E-state index in [1.807, 2.05) is 6.07 Å². The lowest BCUT2D eigenvalue weighted by molar-refractivity contribution is 0.199. The van der Waals surface area contributed by atoms with Crippen molar-refractivity contribution in [2.75, 3.05) is 18.0 Å². The molecule has 1 saturated heterocycles. The zero-order chi connectivity index (χ0) is 14.9. The Kier molecular flexibility index (Phi) is 4.38. The molecule has 20 heavy (non-hydrogen) atoms. The van der Waals surface area contributed by atoms with E-state index in [2.05, 4.69) is 18.7 Å². The molecule has 1 aliphatic rings. The number of nitrogens with zero attached hydrogens (tertiary/aromatic N) is 1. The SMILES string of the molecule is Cc1cc(N2CCCC(C)(C)CC2)c([C@@H](C)O)cc1F. The Morgan fingerprint density at radius 3 is 2.60 bits per heavy atom. The molecule has 0 bridgehead atoms. The van der Waals surface area contributed by atoms with Crippen LogP contribution in [0.1, 0.15) is 57.3 Å². The van der Waals surface area contributed by atoms with Gasteiger partial charge >= 0.3 is 0 Å². The maximum atomic E-state index is 13.8. The molecule has 0 amide bonds. The van der Waals surface area contributed by atoms with Gasteiger partial charge in [0, 0.05) is 24.3 Å². The molecule has 0 radical (unpaired) electrons. The highest BCUT2D eigenvalue weighted by Crippen LogP contribution is 2.35. The summed E-state index contributed by atoms with van der Waals surface area (Å²) in [6, 6.07) is 3.38. The molecule has 1 fully saturated rings. The fourth-order valence-corrected chi connectivity index (χ4v) is 2.95. The predicted molar refractivity (Wildman–Crippen MR) is 81.6 cm³/mol. The van der Waals surface area contributed by atoms with E-state index in [1.165, 1.54) is 12.5 Å². The molecule has 2 rings (SSSR count). The van der Waals surface area contributed by atoms with Crippen LogP contribution in [0, 0.1) is 18.2 Å². The van der Waals surface area contributed by atoms with Crippen LogP contribution in [0.3, 0.4) is 0 Å². The van der Waals surface area contributed by atoms with Crippen LogP contribution in [0.25, 0.3) is 0 Å². The maximum absolute atomic E-state index is 13.8. The third-order valence-corrected chi connectivity index (χ3v) is 4.44. The van der Waals surface area contributed by atoms with E-state index in [1.54, 1.807) is 13.8 Å². The van der Waals surface area contributed by atoms with Gasteiger partial charge in [-0.25, -0.2) is 4.39 Å². The molecule has 2 nitrogen and oxygen atoms in total. The highest BCUT2D eigenvalue weighted by molar-refractivity contribution is 5.57. The van der Waals surface area contributed by atoms with Crippen LogP contribution in [0.15, 0.2) is 12.1 Å². The van der Waals surface area contributed by atoms with Crippen molar-refractivity contribution >= 4 is 5.69 Å². The lowest BCUT2D eigenvalue weighted by Crippen LogP contribution is -2.26. The summed E-state index contributed by atoms with van der Waals surface area (Å²) in [6.45, 7) is 10.1. The number of hydrogen-bond donors (Lipinski definition) is 1. The lowest BCUT2D eigenvalue weighted by Gasteiger charge is -2.28. The molecule has 0 spiro atoms. The monoisotopic (exact) mass is 279 g/mol. The van der Waals surface area contributed by atoms with Gasteiger partial charge in [0.05, 0.1) is 6.10 Å². The van der Waals surface area contributed by atoms with Gasteiger partial charge in [0.2, 0.25) is 0 Å². The van der Waals surface area contributed by atoms with Gasteiger partial charge in [-0.15, -0.1) is 0 Å². The van der Waals surface area contributed by atoms with Crippen LogP contribution in [0.4, 0.5) is 10.1 Å². The molecule has 1 heterocycles. The first-order valence-electron chi connectivity index (χ1n) is 7.53. The van der Waals surface area contributed by atoms with Crippen LogP contribution in [-0.4, -0.2) is 18.2 Å². The summed E-state index contributed by atoms with van der Waals surface area (Å²) in [5.74, 6) is -0.236. The van der Waals surface area contributed by atoms with E-state index in [0.29, 0.717) is 16.5 Å². The van der Waals surface area contributed by atoms with Gasteiger partial charge in [-0.2, -0.15) is 0 Å². The second-order valence-corrected chi connectivity index (χ2v) is 6.84. The number of anilines is 1. The Morgan fingerprint density at radius 2 is 1.95 bits per heavy atom. The van der Waals surface area contributed by atoms with Crippen molar-refractivity contribution in [2.24, 2.45) is 5.41 Å². The Hall–Kier alpha value is -1.09. The van der Waals surface area contributed by atoms with Crippen molar-refractivity contribution in [3.63, 3.8) is 0 Å². The number of rotatable bonds is 2. The molecule has 0 unspecified atom stereocenters. The van der Waals surface area contributed by atoms with Gasteiger partial charge in [0.25, 0.3) is 0 Å². The van der Waals surface area contributed by atoms with Gasteiger partial charge in [-0.05, 0) is 56.2 Å². The van der Waals surface area contributed by atoms with Crippen LogP contribution >= 0.6 is 0 Å². The standard InChI is InChI=1S/C17H26FNO/c1-12-10-16(14(13(2)20)11-15(12)18)19-8-5-6-17(3,4)7-9-19/h10-11,13,20H,5-9H2,1-4H3/t13-/m1/s1. The molecule has 1 aromatic carbocycles. The van der Waals surface area contributed by atoms with Crippen molar-refractivity contribution < 1.29 is 9.50 Å². The quantitative estimate of drug-likeness (QED) is 0.877. The molecule has 1 aromatic rings. The molecule has 1 N–H and O–H groups in total. The summed E-state index contributed by atoms with van der Waals surface area (Å²) >= 11 is 0. The summed E-state index contributed by atoms with van der Waals surface area (Å²) in [6.07, 6.45) is 2.84. The smallest absolute Gasteiger partial charge is 0.126 e. The van der Waals surface area contributed by atoms with E-state index in [9.17, 15) is 9.50 Å². The molecule has 1 atom stereocenters. The largest absolute Gasteiger partial charge is 0.389 e. The van der Waals surface area contributed by atoms with Gasteiger partial charge in [-0.3, -0.25) is 0 Å². The molecule has 0 saturated carbocycles. The zero-order valence-corrected chi connectivity index (χ0v) is 13.0. The first-order valence-corrected chi connectivity index (χ1v) is 7.53. The maximum Gasteiger partial charge on any atom is 0.126 e. The molecule has 0 aliphatic carbocycles. The van der Waals surface area contributed by atoms with Gasteiger partial charge in [-0.1, -0.05) is 13.8 Å². The summed E-state index contributed by atoms with van der Waals surface area (Å²) in [5, 5.41) is 9.93. The van der Waals surface area contributed by atoms with Gasteiger partial charge in [0.15, 0.2) is 0 Å². The zero-order valence-electron chi connectivity index (χ0n) is 13.0. The number of aliphatic hydroxyl groups is 1. The molecule has 1 aliphatic heterocycles. The fraction of sp³-hybridized carbons (Fsp3) is 0.647. The average molecular weight is 279 g/mol. The Morgan fingerprint density at radius 1 is 1.25 bits per heavy atom. The second kappa shape index (κ2) is 5.72. The van der Waals surface area contributed by atoms with Crippen molar-refractivity contribution in [3.05, 3.63) is 29.1 Å². The summed E-state index contributed by atoms with van der Waals surface area (Å²) in [7, 11) is 0. The van der Waals surface area contributed by atoms with Crippen LogP contribution in [0.5, 0.6) is 0 Å². The highest BCUT2D eigenvalue weighted by atomic mass is 19.1. The Labute approximate surface area is 121 Å². The summed E-state index contributed by atoms with van der Waals surface area (Å²) in [4.78, 5) is 2.31. The molecule has 0 aromatic heterocycles.